The number of halogens is 1. The number of hydrogen-bond acceptors (Lipinski definition) is 4. The van der Waals surface area contributed by atoms with Crippen LogP contribution in [0.5, 0.6) is 11.5 Å². The molecule has 2 atom stereocenters. The quantitative estimate of drug-likeness (QED) is 0.326. The summed E-state index contributed by atoms with van der Waals surface area (Å²) in [7, 11) is 5.12. The van der Waals surface area contributed by atoms with Gasteiger partial charge in [-0.25, -0.2) is 0 Å². The highest BCUT2D eigenvalue weighted by molar-refractivity contribution is 14.0. The summed E-state index contributed by atoms with van der Waals surface area (Å²) in [5.41, 5.74) is 1.34. The predicted molar refractivity (Wildman–Crippen MR) is 130 cm³/mol. The molecule has 2 unspecified atom stereocenters. The fourth-order valence-electron chi connectivity index (χ4n) is 3.82. The van der Waals surface area contributed by atoms with E-state index in [1.54, 1.807) is 14.2 Å². The predicted octanol–water partition coefficient (Wildman–Crippen LogP) is 3.87. The number of hydrogen-bond donors (Lipinski definition) is 2. The molecule has 0 aromatic heterocycles. The van der Waals surface area contributed by atoms with E-state index in [0.29, 0.717) is 5.92 Å². The van der Waals surface area contributed by atoms with Crippen molar-refractivity contribution in [3.63, 3.8) is 0 Å². The monoisotopic (exact) mass is 519 g/mol. The number of nitrogens with one attached hydrogen (secondary N) is 2. The Morgan fingerprint density at radius 3 is 2.52 bits per heavy atom. The minimum Gasteiger partial charge on any atom is -0.493 e. The van der Waals surface area contributed by atoms with E-state index in [-0.39, 0.29) is 35.5 Å². The minimum absolute atomic E-state index is 0. The molecule has 1 aliphatic heterocycles. The van der Waals surface area contributed by atoms with E-state index >= 15 is 0 Å². The summed E-state index contributed by atoms with van der Waals surface area (Å²) in [5, 5.41) is 6.89. The van der Waals surface area contributed by atoms with Crippen LogP contribution in [-0.4, -0.2) is 53.0 Å². The second-order valence-electron chi connectivity index (χ2n) is 8.38. The molecular weight excluding hydrogens is 481 g/mol. The highest BCUT2D eigenvalue weighted by Gasteiger charge is 2.35. The third-order valence-electron chi connectivity index (χ3n) is 5.21. The second kappa shape index (κ2) is 12.5. The van der Waals surface area contributed by atoms with Crippen molar-refractivity contribution < 1.29 is 14.2 Å². The molecule has 1 saturated heterocycles. The minimum atomic E-state index is 0. The number of rotatable bonds is 7. The molecule has 0 aliphatic carbocycles. The lowest BCUT2D eigenvalue weighted by molar-refractivity contribution is -0.0835. The standard InChI is InChI=1S/C22H37N3O3.HI/c1-22(2,3)20-17(8-7-13-28-20)15-25-21(23-4)24-12-11-16-9-10-18(26-5)19(14-16)27-6;/h9-10,14,17,20H,7-8,11-13,15H2,1-6H3,(H2,23,24,25);1H. The molecule has 166 valence electrons. The van der Waals surface area contributed by atoms with Crippen molar-refractivity contribution in [2.24, 2.45) is 16.3 Å². The maximum absolute atomic E-state index is 6.08. The molecule has 0 amide bonds. The van der Waals surface area contributed by atoms with Crippen LogP contribution in [0.3, 0.4) is 0 Å². The van der Waals surface area contributed by atoms with Gasteiger partial charge in [0, 0.05) is 32.7 Å². The molecule has 1 heterocycles. The van der Waals surface area contributed by atoms with Gasteiger partial charge in [0.15, 0.2) is 17.5 Å². The van der Waals surface area contributed by atoms with Crippen molar-refractivity contribution in [1.82, 2.24) is 10.6 Å². The first kappa shape index (κ1) is 25.8. The lowest BCUT2D eigenvalue weighted by Gasteiger charge is -2.40. The van der Waals surface area contributed by atoms with E-state index < -0.39 is 0 Å². The molecule has 1 fully saturated rings. The topological polar surface area (TPSA) is 64.1 Å². The second-order valence-corrected chi connectivity index (χ2v) is 8.38. The fourth-order valence-corrected chi connectivity index (χ4v) is 3.82. The van der Waals surface area contributed by atoms with Gasteiger partial charge in [-0.2, -0.15) is 0 Å². The number of benzene rings is 1. The van der Waals surface area contributed by atoms with Crippen LogP contribution in [0, 0.1) is 11.3 Å². The van der Waals surface area contributed by atoms with E-state index in [4.69, 9.17) is 14.2 Å². The maximum atomic E-state index is 6.08. The van der Waals surface area contributed by atoms with Crippen molar-refractivity contribution in [2.75, 3.05) is 41.0 Å². The van der Waals surface area contributed by atoms with Crippen molar-refractivity contribution in [2.45, 2.75) is 46.1 Å². The fraction of sp³-hybridized carbons (Fsp3) is 0.682. The van der Waals surface area contributed by atoms with E-state index in [0.717, 1.165) is 50.0 Å². The number of methoxy groups -OCH3 is 2. The number of ether oxygens (including phenoxy) is 3. The Bertz CT molecular complexity index is 647. The molecule has 7 heteroatoms. The third kappa shape index (κ3) is 7.85. The summed E-state index contributed by atoms with van der Waals surface area (Å²) in [5.74, 6) is 2.84. The zero-order valence-corrected chi connectivity index (χ0v) is 21.0. The van der Waals surface area contributed by atoms with Gasteiger partial charge in [-0.05, 0) is 42.4 Å². The van der Waals surface area contributed by atoms with E-state index in [1.165, 1.54) is 12.0 Å². The molecule has 0 bridgehead atoms. The average molecular weight is 519 g/mol. The molecule has 0 radical (unpaired) electrons. The highest BCUT2D eigenvalue weighted by Crippen LogP contribution is 2.33. The third-order valence-corrected chi connectivity index (χ3v) is 5.21. The SMILES string of the molecule is CN=C(NCCc1ccc(OC)c(OC)c1)NCC1CCCOC1C(C)(C)C.I. The van der Waals surface area contributed by atoms with Crippen LogP contribution < -0.4 is 20.1 Å². The maximum Gasteiger partial charge on any atom is 0.190 e. The number of guanidine groups is 1. The van der Waals surface area contributed by atoms with Gasteiger partial charge in [-0.1, -0.05) is 26.8 Å². The average Bonchev–Trinajstić information content (AvgIpc) is 2.69. The summed E-state index contributed by atoms with van der Waals surface area (Å²) in [6.07, 6.45) is 3.47. The molecule has 6 nitrogen and oxygen atoms in total. The van der Waals surface area contributed by atoms with Gasteiger partial charge < -0.3 is 24.8 Å². The van der Waals surface area contributed by atoms with E-state index in [9.17, 15) is 0 Å². The zero-order chi connectivity index (χ0) is 20.6. The Morgan fingerprint density at radius 2 is 1.90 bits per heavy atom. The van der Waals surface area contributed by atoms with Crippen LogP contribution in [0.25, 0.3) is 0 Å². The molecule has 1 aromatic rings. The smallest absolute Gasteiger partial charge is 0.190 e. The van der Waals surface area contributed by atoms with Crippen molar-refractivity contribution in [3.8, 4) is 11.5 Å². The Hall–Kier alpha value is -1.22. The molecule has 0 spiro atoms. The Labute approximate surface area is 193 Å². The molecule has 0 saturated carbocycles. The first-order chi connectivity index (χ1) is 13.4. The highest BCUT2D eigenvalue weighted by atomic mass is 127. The van der Waals surface area contributed by atoms with E-state index in [1.807, 2.05) is 19.2 Å². The normalized spacial score (nSPS) is 19.9. The van der Waals surface area contributed by atoms with Crippen LogP contribution in [0.1, 0.15) is 39.2 Å². The lowest BCUT2D eigenvalue weighted by atomic mass is 9.78. The van der Waals surface area contributed by atoms with Crippen molar-refractivity contribution in [3.05, 3.63) is 23.8 Å². The van der Waals surface area contributed by atoms with Crippen LogP contribution in [0.15, 0.2) is 23.2 Å². The lowest BCUT2D eigenvalue weighted by Crippen LogP contribution is -2.47. The zero-order valence-electron chi connectivity index (χ0n) is 18.7. The first-order valence-corrected chi connectivity index (χ1v) is 10.2. The van der Waals surface area contributed by atoms with Gasteiger partial charge in [0.1, 0.15) is 0 Å². The van der Waals surface area contributed by atoms with Gasteiger partial charge in [-0.3, -0.25) is 4.99 Å². The van der Waals surface area contributed by atoms with Gasteiger partial charge in [0.2, 0.25) is 0 Å². The number of nitrogens with zero attached hydrogens (tertiary/aromatic N) is 1. The molecular formula is C22H38IN3O3. The molecule has 2 rings (SSSR count). The Morgan fingerprint density at radius 1 is 1.17 bits per heavy atom. The summed E-state index contributed by atoms with van der Waals surface area (Å²) < 4.78 is 16.7. The van der Waals surface area contributed by atoms with Crippen LogP contribution in [-0.2, 0) is 11.2 Å². The summed E-state index contributed by atoms with van der Waals surface area (Å²) in [4.78, 5) is 4.36. The van der Waals surface area contributed by atoms with Crippen molar-refractivity contribution in [1.29, 1.82) is 0 Å². The Balaban J connectivity index is 0.00000420. The van der Waals surface area contributed by atoms with Crippen molar-refractivity contribution >= 4 is 29.9 Å². The van der Waals surface area contributed by atoms with Gasteiger partial charge in [0.05, 0.1) is 20.3 Å². The number of aliphatic imine (C=N–C) groups is 1. The largest absolute Gasteiger partial charge is 0.493 e. The summed E-state index contributed by atoms with van der Waals surface area (Å²) >= 11 is 0. The van der Waals surface area contributed by atoms with Gasteiger partial charge in [-0.15, -0.1) is 24.0 Å². The summed E-state index contributed by atoms with van der Waals surface area (Å²) in [6.45, 7) is 9.30. The van der Waals surface area contributed by atoms with E-state index in [2.05, 4.69) is 42.5 Å². The molecule has 1 aromatic carbocycles. The van der Waals surface area contributed by atoms with Gasteiger partial charge >= 0.3 is 0 Å². The van der Waals surface area contributed by atoms with Gasteiger partial charge in [0.25, 0.3) is 0 Å². The first-order valence-electron chi connectivity index (χ1n) is 10.2. The van der Waals surface area contributed by atoms with Crippen LogP contribution in [0.2, 0.25) is 0 Å². The Kier molecular flexibility index (Phi) is 11.1. The molecule has 29 heavy (non-hydrogen) atoms. The van der Waals surface area contributed by atoms with Crippen LogP contribution in [0.4, 0.5) is 0 Å². The molecule has 2 N–H and O–H groups in total. The van der Waals surface area contributed by atoms with Crippen LogP contribution >= 0.6 is 24.0 Å². The molecule has 1 aliphatic rings. The summed E-state index contributed by atoms with van der Waals surface area (Å²) in [6, 6.07) is 6.02.